The zero-order chi connectivity index (χ0) is 8.85. The quantitative estimate of drug-likeness (QED) is 0.230. The van der Waals surface area contributed by atoms with E-state index in [1.165, 1.54) is 13.1 Å². The maximum atomic E-state index is 10.6. The highest BCUT2D eigenvalue weighted by Gasteiger charge is 2.14. The van der Waals surface area contributed by atoms with E-state index >= 15 is 0 Å². The van der Waals surface area contributed by atoms with Crippen LogP contribution in [0.25, 0.3) is 0 Å². The number of hydrogen-bond donors (Lipinski definition) is 1. The van der Waals surface area contributed by atoms with Gasteiger partial charge in [0.05, 0.1) is 0 Å². The standard InChI is InChI=1S/C5H5BrN2O3/c1-3(6)4(9)11-5(10)8-2-7/h3H,1H3,(H,8,10). The van der Waals surface area contributed by atoms with E-state index in [0.29, 0.717) is 0 Å². The topological polar surface area (TPSA) is 79.2 Å². The third-order valence-corrected chi connectivity index (χ3v) is 1.05. The van der Waals surface area contributed by atoms with Gasteiger partial charge in [0.25, 0.3) is 0 Å². The van der Waals surface area contributed by atoms with Gasteiger partial charge in [-0.1, -0.05) is 15.9 Å². The Morgan fingerprint density at radius 3 is 2.64 bits per heavy atom. The van der Waals surface area contributed by atoms with Crippen molar-refractivity contribution in [2.24, 2.45) is 0 Å². The fourth-order valence-corrected chi connectivity index (χ4v) is 0.337. The number of nitrogens with zero attached hydrogens (tertiary/aromatic N) is 1. The van der Waals surface area contributed by atoms with E-state index in [2.05, 4.69) is 20.7 Å². The van der Waals surface area contributed by atoms with Crippen LogP contribution < -0.4 is 5.32 Å². The number of halogens is 1. The number of nitriles is 1. The van der Waals surface area contributed by atoms with E-state index in [1.807, 2.05) is 0 Å². The smallest absolute Gasteiger partial charge is 0.375 e. The van der Waals surface area contributed by atoms with Crippen molar-refractivity contribution < 1.29 is 14.3 Å². The first-order valence-corrected chi connectivity index (χ1v) is 3.54. The highest BCUT2D eigenvalue weighted by Crippen LogP contribution is 1.99. The molecule has 5 nitrogen and oxygen atoms in total. The number of alkyl carbamates (subject to hydrolysis) is 1. The molecule has 0 saturated carbocycles. The Hall–Kier alpha value is -1.09. The highest BCUT2D eigenvalue weighted by molar-refractivity contribution is 9.10. The van der Waals surface area contributed by atoms with E-state index in [-0.39, 0.29) is 0 Å². The summed E-state index contributed by atoms with van der Waals surface area (Å²) in [5, 5.41) is 9.54. The number of carbonyl (C=O) groups excluding carboxylic acids is 2. The zero-order valence-electron chi connectivity index (χ0n) is 5.63. The van der Waals surface area contributed by atoms with Crippen molar-refractivity contribution in [2.75, 3.05) is 0 Å². The van der Waals surface area contributed by atoms with Gasteiger partial charge in [0.1, 0.15) is 4.83 Å². The summed E-state index contributed by atoms with van der Waals surface area (Å²) < 4.78 is 4.09. The highest BCUT2D eigenvalue weighted by atomic mass is 79.9. The van der Waals surface area contributed by atoms with Crippen LogP contribution in [0.2, 0.25) is 0 Å². The monoisotopic (exact) mass is 220 g/mol. The fourth-order valence-electron chi connectivity index (χ4n) is 0.244. The van der Waals surface area contributed by atoms with Gasteiger partial charge in [-0.15, -0.1) is 0 Å². The van der Waals surface area contributed by atoms with Crippen LogP contribution in [-0.4, -0.2) is 16.9 Å². The van der Waals surface area contributed by atoms with Crippen molar-refractivity contribution in [1.29, 1.82) is 5.26 Å². The molecule has 6 heteroatoms. The van der Waals surface area contributed by atoms with Gasteiger partial charge < -0.3 is 4.74 Å². The summed E-state index contributed by atoms with van der Waals surface area (Å²) in [7, 11) is 0. The number of esters is 1. The Morgan fingerprint density at radius 1 is 1.73 bits per heavy atom. The molecule has 60 valence electrons. The van der Waals surface area contributed by atoms with Crippen LogP contribution in [0.15, 0.2) is 0 Å². The van der Waals surface area contributed by atoms with Crippen LogP contribution in [0.5, 0.6) is 0 Å². The first-order valence-electron chi connectivity index (χ1n) is 2.62. The molecule has 0 aromatic rings. The van der Waals surface area contributed by atoms with Gasteiger partial charge >= 0.3 is 12.1 Å². The van der Waals surface area contributed by atoms with Crippen LogP contribution in [0.4, 0.5) is 4.79 Å². The molecular weight excluding hydrogens is 216 g/mol. The van der Waals surface area contributed by atoms with Gasteiger partial charge in [-0.25, -0.2) is 10.1 Å². The van der Waals surface area contributed by atoms with Gasteiger partial charge in [0.15, 0.2) is 6.19 Å². The van der Waals surface area contributed by atoms with Crippen molar-refractivity contribution in [2.45, 2.75) is 11.8 Å². The number of carbonyl (C=O) groups is 2. The van der Waals surface area contributed by atoms with E-state index in [1.54, 1.807) is 5.32 Å². The SMILES string of the molecule is CC(Br)C(=O)OC(=O)NC#N. The lowest BCUT2D eigenvalue weighted by molar-refractivity contribution is -0.136. The number of nitrogens with one attached hydrogen (secondary N) is 1. The summed E-state index contributed by atoms with van der Waals surface area (Å²) >= 11 is 2.88. The first-order chi connectivity index (χ1) is 5.07. The second-order valence-electron chi connectivity index (χ2n) is 1.56. The van der Waals surface area contributed by atoms with Crippen molar-refractivity contribution >= 4 is 28.0 Å². The van der Waals surface area contributed by atoms with E-state index in [9.17, 15) is 9.59 Å². The molecule has 0 aliphatic heterocycles. The average molecular weight is 221 g/mol. The minimum Gasteiger partial charge on any atom is -0.375 e. The Bertz CT molecular complexity index is 208. The van der Waals surface area contributed by atoms with Crippen LogP contribution in [0.1, 0.15) is 6.92 Å². The van der Waals surface area contributed by atoms with Crippen molar-refractivity contribution in [3.63, 3.8) is 0 Å². The summed E-state index contributed by atoms with van der Waals surface area (Å²) in [5.74, 6) is -0.738. The maximum absolute atomic E-state index is 10.6. The minimum atomic E-state index is -1.07. The molecule has 1 atom stereocenters. The molecule has 0 fully saturated rings. The first kappa shape index (κ1) is 9.91. The Balaban J connectivity index is 3.78. The molecule has 0 saturated heterocycles. The third-order valence-electron chi connectivity index (χ3n) is 0.676. The van der Waals surface area contributed by atoms with Crippen molar-refractivity contribution in [1.82, 2.24) is 5.32 Å². The molecule has 1 unspecified atom stereocenters. The van der Waals surface area contributed by atoms with Crippen LogP contribution in [0, 0.1) is 11.5 Å². The molecule has 0 aliphatic carbocycles. The van der Waals surface area contributed by atoms with Gasteiger partial charge in [-0.3, -0.25) is 4.79 Å². The molecule has 1 amide bonds. The van der Waals surface area contributed by atoms with E-state index in [0.717, 1.165) is 0 Å². The molecule has 0 aromatic carbocycles. The van der Waals surface area contributed by atoms with Crippen LogP contribution >= 0.6 is 15.9 Å². The lowest BCUT2D eigenvalue weighted by Crippen LogP contribution is -2.25. The summed E-state index contributed by atoms with van der Waals surface area (Å²) in [6.07, 6.45) is 0.254. The number of hydrogen-bond acceptors (Lipinski definition) is 4. The fraction of sp³-hybridized carbons (Fsp3) is 0.400. The number of alkyl halides is 1. The summed E-state index contributed by atoms with van der Waals surface area (Å²) in [6.45, 7) is 1.50. The predicted molar refractivity (Wildman–Crippen MR) is 38.6 cm³/mol. The van der Waals surface area contributed by atoms with Gasteiger partial charge in [0.2, 0.25) is 0 Å². The average Bonchev–Trinajstić information content (AvgIpc) is 1.87. The molecule has 0 bridgehead atoms. The van der Waals surface area contributed by atoms with Gasteiger partial charge in [-0.05, 0) is 6.92 Å². The molecule has 0 aliphatic rings. The third kappa shape index (κ3) is 4.33. The zero-order valence-corrected chi connectivity index (χ0v) is 7.21. The van der Waals surface area contributed by atoms with Crippen molar-refractivity contribution in [3.8, 4) is 6.19 Å². The van der Waals surface area contributed by atoms with E-state index in [4.69, 9.17) is 5.26 Å². The molecule has 0 rings (SSSR count). The number of ether oxygens (including phenoxy) is 1. The lowest BCUT2D eigenvalue weighted by Gasteiger charge is -2.00. The minimum absolute atomic E-state index is 0.563. The lowest BCUT2D eigenvalue weighted by atomic mass is 10.5. The molecule has 0 radical (unpaired) electrons. The second kappa shape index (κ2) is 4.68. The molecule has 0 aromatic heterocycles. The number of rotatable bonds is 1. The normalized spacial score (nSPS) is 11.0. The van der Waals surface area contributed by atoms with Crippen molar-refractivity contribution in [3.05, 3.63) is 0 Å². The predicted octanol–water partition coefficient (Wildman–Crippen LogP) is 0.504. The molecular formula is C5H5BrN2O3. The molecule has 11 heavy (non-hydrogen) atoms. The summed E-state index contributed by atoms with van der Waals surface area (Å²) in [4.78, 5) is 20.4. The van der Waals surface area contributed by atoms with Crippen LogP contribution in [0.3, 0.4) is 0 Å². The maximum Gasteiger partial charge on any atom is 0.428 e. The second-order valence-corrected chi connectivity index (χ2v) is 2.93. The molecule has 0 heterocycles. The van der Waals surface area contributed by atoms with Crippen LogP contribution in [-0.2, 0) is 9.53 Å². The Morgan fingerprint density at radius 2 is 2.27 bits per heavy atom. The largest absolute Gasteiger partial charge is 0.428 e. The number of amides is 1. The van der Waals surface area contributed by atoms with Gasteiger partial charge in [-0.2, -0.15) is 5.26 Å². The van der Waals surface area contributed by atoms with Gasteiger partial charge in [0, 0.05) is 0 Å². The summed E-state index contributed by atoms with van der Waals surface area (Å²) in [6, 6.07) is 0. The molecule has 1 N–H and O–H groups in total. The Kier molecular flexibility index (Phi) is 4.22. The van der Waals surface area contributed by atoms with E-state index < -0.39 is 16.9 Å². The molecule has 0 spiro atoms. The summed E-state index contributed by atoms with van der Waals surface area (Å²) in [5.41, 5.74) is 0. The Labute approximate surface area is 71.4 Å².